The van der Waals surface area contributed by atoms with Gasteiger partial charge >= 0.3 is 5.97 Å². The third kappa shape index (κ3) is 3.71. The van der Waals surface area contributed by atoms with Gasteiger partial charge in [0.2, 0.25) is 11.2 Å². The van der Waals surface area contributed by atoms with Gasteiger partial charge in [0.1, 0.15) is 0 Å². The molecule has 1 aromatic heterocycles. The Balaban J connectivity index is 1.77. The van der Waals surface area contributed by atoms with E-state index in [9.17, 15) is 14.4 Å². The predicted molar refractivity (Wildman–Crippen MR) is 127 cm³/mol. The molecule has 2 heterocycles. The number of esters is 1. The molecule has 0 saturated heterocycles. The lowest BCUT2D eigenvalue weighted by Crippen LogP contribution is -2.47. The molecular weight excluding hydrogens is 430 g/mol. The Bertz CT molecular complexity index is 1280. The van der Waals surface area contributed by atoms with Crippen molar-refractivity contribution in [3.8, 4) is 5.75 Å². The molecule has 0 spiro atoms. The van der Waals surface area contributed by atoms with Crippen LogP contribution in [0.2, 0.25) is 0 Å². The van der Waals surface area contributed by atoms with E-state index in [0.717, 1.165) is 25.5 Å². The van der Waals surface area contributed by atoms with Crippen LogP contribution in [0.1, 0.15) is 65.0 Å². The van der Waals surface area contributed by atoms with E-state index in [4.69, 9.17) is 4.74 Å². The van der Waals surface area contributed by atoms with Crippen LogP contribution in [-0.2, 0) is 17.6 Å². The fourth-order valence-corrected chi connectivity index (χ4v) is 5.37. The molecule has 7 nitrogen and oxygen atoms in total. The SMILES string of the molecule is CCCN1C[C@H](C2c3ccccc3CCc3ccccc32)n2ncc(=O)c(OC(C)=O)c2C1=O. The molecule has 1 atom stereocenters. The van der Waals surface area contributed by atoms with Crippen LogP contribution in [0, 0.1) is 0 Å². The molecule has 0 N–H and O–H groups in total. The van der Waals surface area contributed by atoms with Gasteiger partial charge in [-0.15, -0.1) is 0 Å². The van der Waals surface area contributed by atoms with E-state index in [1.54, 1.807) is 9.58 Å². The number of rotatable bonds is 4. The van der Waals surface area contributed by atoms with E-state index in [2.05, 4.69) is 41.5 Å². The fraction of sp³-hybridized carbons (Fsp3) is 0.333. The van der Waals surface area contributed by atoms with Gasteiger partial charge in [-0.05, 0) is 41.5 Å². The smallest absolute Gasteiger partial charge is 0.308 e. The fourth-order valence-electron chi connectivity index (χ4n) is 5.37. The molecule has 0 radical (unpaired) electrons. The lowest BCUT2D eigenvalue weighted by molar-refractivity contribution is -0.132. The first-order valence-corrected chi connectivity index (χ1v) is 11.7. The van der Waals surface area contributed by atoms with Crippen molar-refractivity contribution in [1.29, 1.82) is 0 Å². The van der Waals surface area contributed by atoms with E-state index in [-0.39, 0.29) is 29.3 Å². The highest BCUT2D eigenvalue weighted by atomic mass is 16.5. The summed E-state index contributed by atoms with van der Waals surface area (Å²) in [7, 11) is 0. The summed E-state index contributed by atoms with van der Waals surface area (Å²) >= 11 is 0. The number of fused-ring (bicyclic) bond motifs is 3. The molecule has 0 saturated carbocycles. The second-order valence-corrected chi connectivity index (χ2v) is 8.92. The molecule has 7 heteroatoms. The molecule has 2 aromatic carbocycles. The second kappa shape index (κ2) is 8.89. The number of amides is 1. The maximum atomic E-state index is 13.5. The highest BCUT2D eigenvalue weighted by molar-refractivity contribution is 5.96. The summed E-state index contributed by atoms with van der Waals surface area (Å²) in [6.45, 7) is 4.22. The van der Waals surface area contributed by atoms with Gasteiger partial charge in [-0.3, -0.25) is 19.1 Å². The van der Waals surface area contributed by atoms with Gasteiger partial charge in [-0.25, -0.2) is 0 Å². The number of nitrogens with zero attached hydrogens (tertiary/aromatic N) is 3. The largest absolute Gasteiger partial charge is 0.420 e. The summed E-state index contributed by atoms with van der Waals surface area (Å²) in [6.07, 6.45) is 3.77. The van der Waals surface area contributed by atoms with Crippen LogP contribution < -0.4 is 10.2 Å². The summed E-state index contributed by atoms with van der Waals surface area (Å²) in [5.74, 6) is -1.31. The third-order valence-corrected chi connectivity index (χ3v) is 6.75. The lowest BCUT2D eigenvalue weighted by atomic mass is 9.81. The number of benzene rings is 2. The van der Waals surface area contributed by atoms with Crippen molar-refractivity contribution in [2.45, 2.75) is 45.1 Å². The minimum absolute atomic E-state index is 0.0478. The van der Waals surface area contributed by atoms with E-state index in [1.807, 2.05) is 19.1 Å². The van der Waals surface area contributed by atoms with Crippen molar-refractivity contribution < 1.29 is 14.3 Å². The Morgan fingerprint density at radius 2 is 1.65 bits per heavy atom. The Hall–Kier alpha value is -3.74. The molecule has 1 aliphatic carbocycles. The number of ether oxygens (including phenoxy) is 1. The molecular formula is C27H27N3O4. The van der Waals surface area contributed by atoms with Crippen LogP contribution in [0.25, 0.3) is 0 Å². The second-order valence-electron chi connectivity index (χ2n) is 8.92. The van der Waals surface area contributed by atoms with Crippen LogP contribution in [0.3, 0.4) is 0 Å². The molecule has 0 bridgehead atoms. The summed E-state index contributed by atoms with van der Waals surface area (Å²) in [4.78, 5) is 39.7. The normalized spacial score (nSPS) is 17.4. The molecule has 5 rings (SSSR count). The molecule has 2 aliphatic rings. The van der Waals surface area contributed by atoms with Gasteiger partial charge in [0, 0.05) is 25.9 Å². The summed E-state index contributed by atoms with van der Waals surface area (Å²) in [5, 5.41) is 4.43. The minimum Gasteiger partial charge on any atom is -0.420 e. The first kappa shape index (κ1) is 22.1. The molecule has 174 valence electrons. The number of aryl methyl sites for hydroxylation is 2. The standard InChI is InChI=1S/C27H27N3O4/c1-3-14-29-16-22(30-25(27(29)33)26(34-17(2)31)23(32)15-28-30)24-20-10-6-4-8-18(20)12-13-19-9-5-7-11-21(19)24/h4-11,15,22,24H,3,12-14,16H2,1-2H3/t22-/m1/s1. The number of carbonyl (C=O) groups excluding carboxylic acids is 2. The van der Waals surface area contributed by atoms with Crippen molar-refractivity contribution in [3.05, 3.63) is 92.9 Å². The zero-order chi connectivity index (χ0) is 23.8. The average molecular weight is 458 g/mol. The summed E-state index contributed by atoms with van der Waals surface area (Å²) in [6, 6.07) is 16.6. The topological polar surface area (TPSA) is 81.5 Å². The molecule has 1 aliphatic heterocycles. The zero-order valence-corrected chi connectivity index (χ0v) is 19.4. The number of aromatic nitrogens is 2. The maximum absolute atomic E-state index is 13.5. The van der Waals surface area contributed by atoms with Gasteiger partial charge in [-0.2, -0.15) is 5.10 Å². The number of hydrogen-bond acceptors (Lipinski definition) is 5. The Labute approximate surface area is 198 Å². The summed E-state index contributed by atoms with van der Waals surface area (Å²) in [5.41, 5.74) is 4.41. The number of carbonyl (C=O) groups is 2. The molecule has 3 aromatic rings. The molecule has 34 heavy (non-hydrogen) atoms. The van der Waals surface area contributed by atoms with Crippen molar-refractivity contribution in [3.63, 3.8) is 0 Å². The van der Waals surface area contributed by atoms with Crippen molar-refractivity contribution in [2.24, 2.45) is 0 Å². The maximum Gasteiger partial charge on any atom is 0.308 e. The Kier molecular flexibility index (Phi) is 5.77. The first-order valence-electron chi connectivity index (χ1n) is 11.7. The van der Waals surface area contributed by atoms with Crippen LogP contribution >= 0.6 is 0 Å². The highest BCUT2D eigenvalue weighted by Gasteiger charge is 2.41. The first-order chi connectivity index (χ1) is 16.5. The van der Waals surface area contributed by atoms with Crippen molar-refractivity contribution in [1.82, 2.24) is 14.7 Å². The van der Waals surface area contributed by atoms with Gasteiger partial charge < -0.3 is 9.64 Å². The highest BCUT2D eigenvalue weighted by Crippen LogP contribution is 2.43. The minimum atomic E-state index is -0.645. The molecule has 0 unspecified atom stereocenters. The van der Waals surface area contributed by atoms with Crippen LogP contribution in [0.15, 0.2) is 59.5 Å². The molecule has 1 amide bonds. The average Bonchev–Trinajstić information content (AvgIpc) is 2.99. The Morgan fingerprint density at radius 1 is 1.03 bits per heavy atom. The molecule has 0 fully saturated rings. The van der Waals surface area contributed by atoms with Gasteiger partial charge in [0.25, 0.3) is 5.91 Å². The van der Waals surface area contributed by atoms with Gasteiger partial charge in [0.05, 0.1) is 12.2 Å². The van der Waals surface area contributed by atoms with Crippen LogP contribution in [0.4, 0.5) is 0 Å². The lowest BCUT2D eigenvalue weighted by Gasteiger charge is -2.39. The Morgan fingerprint density at radius 3 is 2.24 bits per heavy atom. The third-order valence-electron chi connectivity index (χ3n) is 6.75. The van der Waals surface area contributed by atoms with Crippen LogP contribution in [-0.4, -0.2) is 39.6 Å². The summed E-state index contributed by atoms with van der Waals surface area (Å²) < 4.78 is 6.90. The quantitative estimate of drug-likeness (QED) is 0.560. The van der Waals surface area contributed by atoms with E-state index in [0.29, 0.717) is 13.1 Å². The monoisotopic (exact) mass is 457 g/mol. The predicted octanol–water partition coefficient (Wildman–Crippen LogP) is 3.51. The van der Waals surface area contributed by atoms with Gasteiger partial charge in [-0.1, -0.05) is 55.5 Å². The number of hydrogen-bond donors (Lipinski definition) is 0. The van der Waals surface area contributed by atoms with E-state index < -0.39 is 11.4 Å². The zero-order valence-electron chi connectivity index (χ0n) is 19.4. The van der Waals surface area contributed by atoms with Crippen molar-refractivity contribution >= 4 is 11.9 Å². The van der Waals surface area contributed by atoms with E-state index in [1.165, 1.54) is 29.2 Å². The van der Waals surface area contributed by atoms with E-state index >= 15 is 0 Å². The van der Waals surface area contributed by atoms with Crippen molar-refractivity contribution in [2.75, 3.05) is 13.1 Å². The van der Waals surface area contributed by atoms with Crippen LogP contribution in [0.5, 0.6) is 5.75 Å². The van der Waals surface area contributed by atoms with Gasteiger partial charge in [0.15, 0.2) is 5.69 Å².